The molecule has 1 saturated heterocycles. The van der Waals surface area contributed by atoms with Crippen molar-refractivity contribution in [1.29, 1.82) is 0 Å². The van der Waals surface area contributed by atoms with Gasteiger partial charge in [0, 0.05) is 32.0 Å². The number of benzene rings is 1. The van der Waals surface area contributed by atoms with Crippen LogP contribution in [0.5, 0.6) is 0 Å². The van der Waals surface area contributed by atoms with Gasteiger partial charge in [-0.3, -0.25) is 4.79 Å². The van der Waals surface area contributed by atoms with Crippen LogP contribution in [0.2, 0.25) is 0 Å². The van der Waals surface area contributed by atoms with E-state index in [2.05, 4.69) is 20.8 Å². The molecule has 3 rings (SSSR count). The van der Waals surface area contributed by atoms with Crippen LogP contribution in [0.1, 0.15) is 47.0 Å². The predicted molar refractivity (Wildman–Crippen MR) is 107 cm³/mol. The van der Waals surface area contributed by atoms with E-state index in [9.17, 15) is 14.0 Å². The number of aromatic nitrogens is 2. The number of urea groups is 1. The summed E-state index contributed by atoms with van der Waals surface area (Å²) in [4.78, 5) is 26.6. The van der Waals surface area contributed by atoms with Crippen LogP contribution in [-0.4, -0.2) is 53.3 Å². The first-order chi connectivity index (χ1) is 14.1. The van der Waals surface area contributed by atoms with Crippen LogP contribution in [0, 0.1) is 5.82 Å². The highest BCUT2D eigenvalue weighted by Crippen LogP contribution is 2.33. The third-order valence-electron chi connectivity index (χ3n) is 4.46. The van der Waals surface area contributed by atoms with Crippen molar-refractivity contribution in [3.63, 3.8) is 0 Å². The Morgan fingerprint density at radius 2 is 2.24 bits per heavy atom. The topological polar surface area (TPSA) is 96.4 Å². The fourth-order valence-corrected chi connectivity index (χ4v) is 3.98. The fraction of sp³-hybridized carbons (Fsp3) is 0.474. The van der Waals surface area contributed by atoms with Crippen LogP contribution < -0.4 is 10.6 Å². The van der Waals surface area contributed by atoms with Gasteiger partial charge in [-0.25, -0.2) is 9.18 Å². The van der Waals surface area contributed by atoms with E-state index in [0.29, 0.717) is 37.0 Å². The van der Waals surface area contributed by atoms with Crippen molar-refractivity contribution in [2.75, 3.05) is 31.6 Å². The Labute approximate surface area is 172 Å². The Morgan fingerprint density at radius 3 is 3.03 bits per heavy atom. The Kier molecular flexibility index (Phi) is 7.48. The Hall–Kier alpha value is -2.59. The molecule has 1 aromatic carbocycles. The summed E-state index contributed by atoms with van der Waals surface area (Å²) in [5, 5.41) is 14.4. The van der Waals surface area contributed by atoms with Crippen LogP contribution in [0.4, 0.5) is 14.9 Å². The minimum Gasteiger partial charge on any atom is -0.382 e. The Balaban J connectivity index is 1.58. The van der Waals surface area contributed by atoms with Gasteiger partial charge in [0.25, 0.3) is 5.91 Å². The van der Waals surface area contributed by atoms with E-state index >= 15 is 0 Å². The van der Waals surface area contributed by atoms with Crippen molar-refractivity contribution in [3.8, 4) is 0 Å². The number of hydrogen-bond acceptors (Lipinski definition) is 6. The Morgan fingerprint density at radius 1 is 1.38 bits per heavy atom. The zero-order valence-corrected chi connectivity index (χ0v) is 17.0. The molecule has 1 aliphatic heterocycles. The Bertz CT molecular complexity index is 847. The molecule has 2 aromatic rings. The van der Waals surface area contributed by atoms with Gasteiger partial charge >= 0.3 is 6.03 Å². The van der Waals surface area contributed by atoms with Crippen LogP contribution >= 0.6 is 11.3 Å². The molecule has 1 atom stereocenters. The summed E-state index contributed by atoms with van der Waals surface area (Å²) in [6.45, 7) is 4.38. The van der Waals surface area contributed by atoms with E-state index in [-0.39, 0.29) is 17.1 Å². The van der Waals surface area contributed by atoms with E-state index < -0.39 is 11.7 Å². The number of halogens is 1. The van der Waals surface area contributed by atoms with Crippen molar-refractivity contribution in [1.82, 2.24) is 20.4 Å². The molecule has 29 heavy (non-hydrogen) atoms. The van der Waals surface area contributed by atoms with E-state index in [4.69, 9.17) is 4.74 Å². The van der Waals surface area contributed by atoms with Gasteiger partial charge in [0.2, 0.25) is 5.01 Å². The summed E-state index contributed by atoms with van der Waals surface area (Å²) < 4.78 is 18.5. The monoisotopic (exact) mass is 421 g/mol. The van der Waals surface area contributed by atoms with Gasteiger partial charge in [0.15, 0.2) is 0 Å². The lowest BCUT2D eigenvalue weighted by Gasteiger charge is -2.23. The maximum Gasteiger partial charge on any atom is 0.317 e. The maximum atomic E-state index is 13.3. The summed E-state index contributed by atoms with van der Waals surface area (Å²) in [5.74, 6) is -0.890. The smallest absolute Gasteiger partial charge is 0.317 e. The zero-order valence-electron chi connectivity index (χ0n) is 16.2. The van der Waals surface area contributed by atoms with Crippen molar-refractivity contribution in [3.05, 3.63) is 40.1 Å². The molecule has 8 nitrogen and oxygen atoms in total. The van der Waals surface area contributed by atoms with E-state index in [1.54, 1.807) is 11.0 Å². The van der Waals surface area contributed by atoms with Gasteiger partial charge < -0.3 is 20.3 Å². The molecule has 2 N–H and O–H groups in total. The largest absolute Gasteiger partial charge is 0.382 e. The van der Waals surface area contributed by atoms with Crippen molar-refractivity contribution in [2.24, 2.45) is 0 Å². The third kappa shape index (κ3) is 5.70. The van der Waals surface area contributed by atoms with Gasteiger partial charge in [-0.1, -0.05) is 17.4 Å². The molecule has 1 aliphatic rings. The number of amides is 3. The number of carbonyl (C=O) groups is 2. The lowest BCUT2D eigenvalue weighted by Crippen LogP contribution is -2.40. The van der Waals surface area contributed by atoms with Crippen molar-refractivity contribution >= 4 is 29.0 Å². The quantitative estimate of drug-likeness (QED) is 0.638. The molecule has 3 amide bonds. The lowest BCUT2D eigenvalue weighted by molar-refractivity contribution is 0.102. The number of anilines is 1. The first kappa shape index (κ1) is 21.1. The third-order valence-corrected chi connectivity index (χ3v) is 5.49. The van der Waals surface area contributed by atoms with Crippen LogP contribution in [-0.2, 0) is 4.74 Å². The van der Waals surface area contributed by atoms with Gasteiger partial charge in [0.05, 0.1) is 6.04 Å². The molecule has 2 heterocycles. The average Bonchev–Trinajstić information content (AvgIpc) is 3.37. The van der Waals surface area contributed by atoms with Crippen LogP contribution in [0.15, 0.2) is 24.3 Å². The predicted octanol–water partition coefficient (Wildman–Crippen LogP) is 3.20. The molecule has 0 radical (unpaired) electrons. The second kappa shape index (κ2) is 10.3. The SMILES string of the molecule is CCOCCCNC(=O)N1CCCC1c1nnc(C(=O)Nc2cccc(F)c2)s1. The molecule has 10 heteroatoms. The lowest BCUT2D eigenvalue weighted by atomic mass is 10.2. The highest BCUT2D eigenvalue weighted by atomic mass is 32.1. The van der Waals surface area contributed by atoms with Gasteiger partial charge in [0.1, 0.15) is 10.8 Å². The second-order valence-corrected chi connectivity index (χ2v) is 7.55. The molecule has 0 aliphatic carbocycles. The summed E-state index contributed by atoms with van der Waals surface area (Å²) >= 11 is 1.15. The molecule has 1 fully saturated rings. The minimum absolute atomic E-state index is 0.148. The maximum absolute atomic E-state index is 13.3. The highest BCUT2D eigenvalue weighted by Gasteiger charge is 2.33. The average molecular weight is 421 g/mol. The summed E-state index contributed by atoms with van der Waals surface area (Å²) in [7, 11) is 0. The fourth-order valence-electron chi connectivity index (χ4n) is 3.09. The number of likely N-dealkylation sites (tertiary alicyclic amines) is 1. The van der Waals surface area contributed by atoms with Crippen LogP contribution in [0.3, 0.4) is 0 Å². The first-order valence-corrected chi connectivity index (χ1v) is 10.4. The highest BCUT2D eigenvalue weighted by molar-refractivity contribution is 7.13. The second-order valence-electron chi connectivity index (χ2n) is 6.54. The molecule has 1 aromatic heterocycles. The van der Waals surface area contributed by atoms with Gasteiger partial charge in [-0.15, -0.1) is 10.2 Å². The molecule has 0 spiro atoms. The number of rotatable bonds is 8. The normalized spacial score (nSPS) is 16.1. The molecule has 156 valence electrons. The molecular formula is C19H24FN5O3S. The standard InChI is InChI=1S/C19H24FN5O3S/c1-2-28-11-5-9-21-19(27)25-10-4-8-15(25)17-23-24-18(29-17)16(26)22-14-7-3-6-13(20)12-14/h3,6-7,12,15H,2,4-5,8-11H2,1H3,(H,21,27)(H,22,26). The number of hydrogen-bond donors (Lipinski definition) is 2. The van der Waals surface area contributed by atoms with Crippen molar-refractivity contribution < 1.29 is 18.7 Å². The first-order valence-electron chi connectivity index (χ1n) is 9.61. The summed E-state index contributed by atoms with van der Waals surface area (Å²) in [6.07, 6.45) is 2.38. The number of nitrogens with one attached hydrogen (secondary N) is 2. The number of nitrogens with zero attached hydrogens (tertiary/aromatic N) is 3. The molecule has 0 saturated carbocycles. The molecule has 1 unspecified atom stereocenters. The summed E-state index contributed by atoms with van der Waals surface area (Å²) in [6, 6.07) is 5.29. The van der Waals surface area contributed by atoms with Crippen LogP contribution in [0.25, 0.3) is 0 Å². The number of carbonyl (C=O) groups excluding carboxylic acids is 2. The van der Waals surface area contributed by atoms with E-state index in [0.717, 1.165) is 30.6 Å². The van der Waals surface area contributed by atoms with Gasteiger partial charge in [-0.2, -0.15) is 0 Å². The minimum atomic E-state index is -0.454. The molecule has 0 bridgehead atoms. The van der Waals surface area contributed by atoms with E-state index in [1.807, 2.05) is 6.92 Å². The number of ether oxygens (including phenoxy) is 1. The van der Waals surface area contributed by atoms with E-state index in [1.165, 1.54) is 18.2 Å². The van der Waals surface area contributed by atoms with Gasteiger partial charge in [-0.05, 0) is 44.4 Å². The zero-order chi connectivity index (χ0) is 20.6. The summed E-state index contributed by atoms with van der Waals surface area (Å²) in [5.41, 5.74) is 0.348. The van der Waals surface area contributed by atoms with Crippen molar-refractivity contribution in [2.45, 2.75) is 32.2 Å². The molecular weight excluding hydrogens is 397 g/mol.